The molecule has 3 heteroatoms. The van der Waals surface area contributed by atoms with Crippen molar-refractivity contribution in [3.05, 3.63) is 28.8 Å². The summed E-state index contributed by atoms with van der Waals surface area (Å²) < 4.78 is 5.28. The minimum Gasteiger partial charge on any atom is -0.496 e. The van der Waals surface area contributed by atoms with E-state index in [-0.39, 0.29) is 5.92 Å². The number of hydrogen-bond acceptors (Lipinski definition) is 2. The molecule has 0 aromatic heterocycles. The normalized spacial score (nSPS) is 28.9. The summed E-state index contributed by atoms with van der Waals surface area (Å²) in [6, 6.07) is 5.46. The Balaban J connectivity index is 1.71. The van der Waals surface area contributed by atoms with Crippen molar-refractivity contribution in [3.8, 4) is 5.75 Å². The van der Waals surface area contributed by atoms with Gasteiger partial charge in [0.2, 0.25) is 0 Å². The Labute approximate surface area is 112 Å². The van der Waals surface area contributed by atoms with Crippen LogP contribution in [-0.2, 0) is 11.2 Å². The standard InChI is InChI=1S/C15H17ClO2/c1-18-15-3-2-13(16)7-12(15)8-14(17)11-5-9-4-10(9)6-11/h2-3,7,9-11H,4-6,8H2,1H3. The number of hydrogen-bond donors (Lipinski definition) is 0. The number of carbonyl (C=O) groups excluding carboxylic acids is 1. The second-order valence-corrected chi connectivity index (χ2v) is 5.96. The van der Waals surface area contributed by atoms with Gasteiger partial charge in [0.1, 0.15) is 11.5 Å². The van der Waals surface area contributed by atoms with Gasteiger partial charge in [-0.1, -0.05) is 11.6 Å². The van der Waals surface area contributed by atoms with Crippen LogP contribution in [0.2, 0.25) is 5.02 Å². The highest BCUT2D eigenvalue weighted by molar-refractivity contribution is 6.30. The summed E-state index contributed by atoms with van der Waals surface area (Å²) in [6.45, 7) is 0. The molecule has 0 spiro atoms. The predicted molar refractivity (Wildman–Crippen MR) is 71.0 cm³/mol. The molecule has 0 saturated heterocycles. The fraction of sp³-hybridized carbons (Fsp3) is 0.533. The van der Waals surface area contributed by atoms with Crippen LogP contribution in [0.3, 0.4) is 0 Å². The van der Waals surface area contributed by atoms with E-state index in [9.17, 15) is 4.79 Å². The summed E-state index contributed by atoms with van der Waals surface area (Å²) in [5.41, 5.74) is 0.913. The molecule has 2 nitrogen and oxygen atoms in total. The van der Waals surface area contributed by atoms with Crippen LogP contribution in [0, 0.1) is 17.8 Å². The van der Waals surface area contributed by atoms with Gasteiger partial charge in [0.05, 0.1) is 7.11 Å². The fourth-order valence-corrected chi connectivity index (χ4v) is 3.39. The topological polar surface area (TPSA) is 26.3 Å². The first-order valence-corrected chi connectivity index (χ1v) is 6.90. The number of ketones is 1. The highest BCUT2D eigenvalue weighted by Crippen LogP contribution is 2.54. The van der Waals surface area contributed by atoms with Gasteiger partial charge in [-0.3, -0.25) is 4.79 Å². The second-order valence-electron chi connectivity index (χ2n) is 5.52. The molecule has 0 N–H and O–H groups in total. The van der Waals surface area contributed by atoms with Crippen molar-refractivity contribution in [3.63, 3.8) is 0 Å². The lowest BCUT2D eigenvalue weighted by Crippen LogP contribution is -2.15. The minimum atomic E-state index is 0.275. The summed E-state index contributed by atoms with van der Waals surface area (Å²) in [4.78, 5) is 12.3. The zero-order chi connectivity index (χ0) is 12.7. The van der Waals surface area contributed by atoms with Crippen molar-refractivity contribution in [1.29, 1.82) is 0 Å². The van der Waals surface area contributed by atoms with E-state index in [1.165, 1.54) is 6.42 Å². The molecule has 2 fully saturated rings. The third-order valence-corrected chi connectivity index (χ3v) is 4.54. The molecule has 0 amide bonds. The van der Waals surface area contributed by atoms with Crippen LogP contribution in [-0.4, -0.2) is 12.9 Å². The first kappa shape index (κ1) is 12.0. The van der Waals surface area contributed by atoms with E-state index in [0.717, 1.165) is 36.0 Å². The van der Waals surface area contributed by atoms with Crippen molar-refractivity contribution < 1.29 is 9.53 Å². The first-order chi connectivity index (χ1) is 8.67. The Morgan fingerprint density at radius 3 is 2.72 bits per heavy atom. The number of ether oxygens (including phenoxy) is 1. The van der Waals surface area contributed by atoms with Gasteiger partial charge < -0.3 is 4.74 Å². The number of rotatable bonds is 4. The Morgan fingerprint density at radius 2 is 2.06 bits per heavy atom. The quantitative estimate of drug-likeness (QED) is 0.832. The number of fused-ring (bicyclic) bond motifs is 1. The lowest BCUT2D eigenvalue weighted by molar-refractivity contribution is -0.122. The van der Waals surface area contributed by atoms with Crippen LogP contribution in [0.25, 0.3) is 0 Å². The number of halogens is 1. The van der Waals surface area contributed by atoms with Crippen LogP contribution in [0.15, 0.2) is 18.2 Å². The largest absolute Gasteiger partial charge is 0.496 e. The smallest absolute Gasteiger partial charge is 0.140 e. The molecule has 0 aliphatic heterocycles. The van der Waals surface area contributed by atoms with Crippen LogP contribution in [0.1, 0.15) is 24.8 Å². The van der Waals surface area contributed by atoms with E-state index < -0.39 is 0 Å². The van der Waals surface area contributed by atoms with Crippen LogP contribution >= 0.6 is 11.6 Å². The van der Waals surface area contributed by atoms with Crippen molar-refractivity contribution in [2.75, 3.05) is 7.11 Å². The maximum Gasteiger partial charge on any atom is 0.140 e. The van der Waals surface area contributed by atoms with Crippen LogP contribution in [0.4, 0.5) is 0 Å². The minimum absolute atomic E-state index is 0.275. The van der Waals surface area contributed by atoms with E-state index in [1.807, 2.05) is 12.1 Å². The van der Waals surface area contributed by atoms with Crippen molar-refractivity contribution in [2.45, 2.75) is 25.7 Å². The average molecular weight is 265 g/mol. The Morgan fingerprint density at radius 1 is 1.33 bits per heavy atom. The molecular formula is C15H17ClO2. The zero-order valence-electron chi connectivity index (χ0n) is 10.5. The summed E-state index contributed by atoms with van der Waals surface area (Å²) in [7, 11) is 1.63. The summed E-state index contributed by atoms with van der Waals surface area (Å²) >= 11 is 5.98. The molecule has 2 aliphatic carbocycles. The van der Waals surface area contributed by atoms with Gasteiger partial charge in [0.25, 0.3) is 0 Å². The predicted octanol–water partition coefficient (Wildman–Crippen LogP) is 3.51. The first-order valence-electron chi connectivity index (χ1n) is 6.52. The molecule has 0 heterocycles. The molecule has 2 saturated carbocycles. The third-order valence-electron chi connectivity index (χ3n) is 4.31. The molecule has 0 bridgehead atoms. The Hall–Kier alpha value is -1.02. The molecular weight excluding hydrogens is 248 g/mol. The maximum atomic E-state index is 12.3. The number of benzene rings is 1. The van der Waals surface area contributed by atoms with E-state index in [0.29, 0.717) is 17.2 Å². The third kappa shape index (κ3) is 2.26. The lowest BCUT2D eigenvalue weighted by atomic mass is 9.93. The summed E-state index contributed by atoms with van der Waals surface area (Å²) in [5.74, 6) is 3.08. The number of Topliss-reactive ketones (excluding diaryl/α,β-unsaturated/α-hetero) is 1. The molecule has 1 aromatic rings. The van der Waals surface area contributed by atoms with Crippen molar-refractivity contribution in [2.24, 2.45) is 17.8 Å². The van der Waals surface area contributed by atoms with Crippen molar-refractivity contribution in [1.82, 2.24) is 0 Å². The zero-order valence-corrected chi connectivity index (χ0v) is 11.2. The molecule has 96 valence electrons. The van der Waals surface area contributed by atoms with E-state index in [4.69, 9.17) is 16.3 Å². The molecule has 18 heavy (non-hydrogen) atoms. The molecule has 2 atom stereocenters. The van der Waals surface area contributed by atoms with Gasteiger partial charge in [-0.15, -0.1) is 0 Å². The van der Waals surface area contributed by atoms with Crippen LogP contribution in [0.5, 0.6) is 5.75 Å². The van der Waals surface area contributed by atoms with E-state index in [1.54, 1.807) is 13.2 Å². The highest BCUT2D eigenvalue weighted by Gasteiger charge is 2.47. The second kappa shape index (κ2) is 4.58. The highest BCUT2D eigenvalue weighted by atomic mass is 35.5. The number of carbonyl (C=O) groups is 1. The monoisotopic (exact) mass is 264 g/mol. The SMILES string of the molecule is COc1ccc(Cl)cc1CC(=O)C1CC2CC2C1. The van der Waals surface area contributed by atoms with Gasteiger partial charge >= 0.3 is 0 Å². The maximum absolute atomic E-state index is 12.3. The average Bonchev–Trinajstić information content (AvgIpc) is 2.96. The van der Waals surface area contributed by atoms with Crippen molar-refractivity contribution >= 4 is 17.4 Å². The van der Waals surface area contributed by atoms with Crippen LogP contribution < -0.4 is 4.74 Å². The van der Waals surface area contributed by atoms with Gasteiger partial charge in [-0.2, -0.15) is 0 Å². The van der Waals surface area contributed by atoms with E-state index >= 15 is 0 Å². The van der Waals surface area contributed by atoms with Gasteiger partial charge in [0.15, 0.2) is 0 Å². The van der Waals surface area contributed by atoms with Gasteiger partial charge in [-0.25, -0.2) is 0 Å². The Kier molecular flexibility index (Phi) is 3.06. The Bertz CT molecular complexity index is 473. The van der Waals surface area contributed by atoms with Gasteiger partial charge in [-0.05, 0) is 49.3 Å². The molecule has 1 aromatic carbocycles. The molecule has 3 rings (SSSR count). The lowest BCUT2D eigenvalue weighted by Gasteiger charge is -2.13. The van der Waals surface area contributed by atoms with Gasteiger partial charge in [0, 0.05) is 22.9 Å². The molecule has 2 unspecified atom stereocenters. The summed E-state index contributed by atoms with van der Waals surface area (Å²) in [5, 5.41) is 0.660. The number of methoxy groups -OCH3 is 1. The summed E-state index contributed by atoms with van der Waals surface area (Å²) in [6.07, 6.45) is 4.01. The fourth-order valence-electron chi connectivity index (χ4n) is 3.20. The molecule has 2 aliphatic rings. The molecule has 0 radical (unpaired) electrons. The van der Waals surface area contributed by atoms with E-state index in [2.05, 4.69) is 0 Å².